The number of nitrogens with zero attached hydrogens (tertiary/aromatic N) is 2. The van der Waals surface area contributed by atoms with Gasteiger partial charge in [0.15, 0.2) is 5.13 Å². The van der Waals surface area contributed by atoms with E-state index in [4.69, 9.17) is 9.31 Å². The minimum absolute atomic E-state index is 0.0878. The summed E-state index contributed by atoms with van der Waals surface area (Å²) in [7, 11) is -0.487. The number of pyridine rings is 1. The first kappa shape index (κ1) is 17.5. The van der Waals surface area contributed by atoms with Crippen molar-refractivity contribution in [3.05, 3.63) is 51.9 Å². The van der Waals surface area contributed by atoms with E-state index in [0.717, 1.165) is 15.7 Å². The van der Waals surface area contributed by atoms with E-state index in [0.29, 0.717) is 10.5 Å². The Kier molecular flexibility index (Phi) is 3.88. The van der Waals surface area contributed by atoms with Gasteiger partial charge in [-0.1, -0.05) is 12.1 Å². The molecule has 2 aromatic heterocycles. The Morgan fingerprint density at radius 3 is 2.42 bits per heavy atom. The fourth-order valence-corrected chi connectivity index (χ4v) is 3.73. The van der Waals surface area contributed by atoms with Crippen molar-refractivity contribution in [1.29, 1.82) is 0 Å². The Hall–Kier alpha value is -1.96. The van der Waals surface area contributed by atoms with Crippen LogP contribution in [0.15, 0.2) is 41.5 Å². The van der Waals surface area contributed by atoms with Crippen molar-refractivity contribution < 1.29 is 9.31 Å². The number of aromatic nitrogens is 2. The molecule has 26 heavy (non-hydrogen) atoms. The van der Waals surface area contributed by atoms with Crippen molar-refractivity contribution in [2.45, 2.75) is 45.8 Å². The van der Waals surface area contributed by atoms with Gasteiger partial charge >= 0.3 is 7.12 Å². The highest BCUT2D eigenvalue weighted by Crippen LogP contribution is 2.36. The Balaban J connectivity index is 1.80. The molecule has 0 unspecified atom stereocenters. The maximum absolute atomic E-state index is 13.0. The van der Waals surface area contributed by atoms with E-state index >= 15 is 0 Å². The van der Waals surface area contributed by atoms with Gasteiger partial charge in [0.25, 0.3) is 5.56 Å². The summed E-state index contributed by atoms with van der Waals surface area (Å²) in [6.45, 7) is 10.1. The molecule has 7 heteroatoms. The van der Waals surface area contributed by atoms with E-state index < -0.39 is 18.3 Å². The number of hydrogen-bond donors (Lipinski definition) is 0. The molecule has 1 aliphatic heterocycles. The zero-order valence-electron chi connectivity index (χ0n) is 15.6. The second-order valence-electron chi connectivity index (χ2n) is 7.68. The molecule has 1 saturated heterocycles. The molecule has 0 atom stereocenters. The smallest absolute Gasteiger partial charge is 0.399 e. The first-order valence-electron chi connectivity index (χ1n) is 8.62. The highest BCUT2D eigenvalue weighted by molar-refractivity contribution is 7.14. The minimum atomic E-state index is -0.487. The third-order valence-electron chi connectivity index (χ3n) is 5.27. The summed E-state index contributed by atoms with van der Waals surface area (Å²) in [6.07, 6.45) is 3.55. The van der Waals surface area contributed by atoms with E-state index in [1.165, 1.54) is 11.3 Å². The van der Waals surface area contributed by atoms with E-state index in [2.05, 4.69) is 4.98 Å². The second kappa shape index (κ2) is 5.77. The number of rotatable bonds is 2. The van der Waals surface area contributed by atoms with Crippen molar-refractivity contribution in [2.24, 2.45) is 0 Å². The number of fused-ring (bicyclic) bond motifs is 1. The molecular weight excluding hydrogens is 347 g/mol. The van der Waals surface area contributed by atoms with Gasteiger partial charge in [0, 0.05) is 22.7 Å². The zero-order valence-corrected chi connectivity index (χ0v) is 16.4. The van der Waals surface area contributed by atoms with Gasteiger partial charge in [-0.3, -0.25) is 9.36 Å². The monoisotopic (exact) mass is 368 g/mol. The normalized spacial score (nSPS) is 18.6. The van der Waals surface area contributed by atoms with Gasteiger partial charge in [0.05, 0.1) is 11.2 Å². The third kappa shape index (κ3) is 2.71. The Labute approximate surface area is 156 Å². The SMILES string of the molecule is Cc1cnc(-n2ccc3ccc(B4OC(C)(C)C(C)(C)O4)cc3c2=O)s1. The summed E-state index contributed by atoms with van der Waals surface area (Å²) in [6, 6.07) is 7.70. The topological polar surface area (TPSA) is 53.4 Å². The quantitative estimate of drug-likeness (QED) is 0.653. The third-order valence-corrected chi connectivity index (χ3v) is 6.18. The van der Waals surface area contributed by atoms with Crippen LogP contribution in [0.2, 0.25) is 0 Å². The van der Waals surface area contributed by atoms with Gasteiger partial charge in [-0.05, 0) is 57.6 Å². The van der Waals surface area contributed by atoms with Crippen LogP contribution in [-0.2, 0) is 9.31 Å². The summed E-state index contributed by atoms with van der Waals surface area (Å²) in [5.74, 6) is 0. The van der Waals surface area contributed by atoms with Crippen molar-refractivity contribution in [1.82, 2.24) is 9.55 Å². The fraction of sp³-hybridized carbons (Fsp3) is 0.368. The Morgan fingerprint density at radius 2 is 1.81 bits per heavy atom. The van der Waals surface area contributed by atoms with Crippen molar-refractivity contribution in [3.63, 3.8) is 0 Å². The first-order valence-corrected chi connectivity index (χ1v) is 9.43. The molecule has 3 heterocycles. The van der Waals surface area contributed by atoms with Crippen LogP contribution in [0.25, 0.3) is 15.9 Å². The molecule has 0 saturated carbocycles. The van der Waals surface area contributed by atoms with Crippen molar-refractivity contribution in [2.75, 3.05) is 0 Å². The average Bonchev–Trinajstić information content (AvgIpc) is 3.08. The summed E-state index contributed by atoms with van der Waals surface area (Å²) in [5, 5.41) is 2.20. The van der Waals surface area contributed by atoms with Crippen LogP contribution in [0.1, 0.15) is 32.6 Å². The molecule has 1 fully saturated rings. The van der Waals surface area contributed by atoms with Crippen LogP contribution in [0.4, 0.5) is 0 Å². The molecule has 3 aromatic rings. The number of hydrogen-bond acceptors (Lipinski definition) is 5. The molecule has 0 aliphatic carbocycles. The summed E-state index contributed by atoms with van der Waals surface area (Å²) >= 11 is 1.50. The Bertz CT molecular complexity index is 1040. The van der Waals surface area contributed by atoms with Crippen LogP contribution >= 0.6 is 11.3 Å². The predicted octanol–water partition coefficient (Wildman–Crippen LogP) is 3.05. The highest BCUT2D eigenvalue weighted by Gasteiger charge is 2.51. The summed E-state index contributed by atoms with van der Waals surface area (Å²) in [5.41, 5.74) is -0.0688. The molecule has 5 nitrogen and oxygen atoms in total. The standard InChI is InChI=1S/C19H21BN2O3S/c1-12-11-21-17(26-12)22-9-8-13-6-7-14(10-15(13)16(22)23)20-24-18(2,3)19(4,5)25-20/h6-11H,1-5H3. The van der Waals surface area contributed by atoms with Gasteiger partial charge in [-0.2, -0.15) is 0 Å². The lowest BCUT2D eigenvalue weighted by Gasteiger charge is -2.32. The predicted molar refractivity (Wildman–Crippen MR) is 106 cm³/mol. The maximum atomic E-state index is 13.0. The van der Waals surface area contributed by atoms with Crippen molar-refractivity contribution >= 4 is 34.7 Å². The lowest BCUT2D eigenvalue weighted by molar-refractivity contribution is 0.00578. The van der Waals surface area contributed by atoms with Crippen molar-refractivity contribution in [3.8, 4) is 5.13 Å². The molecule has 0 spiro atoms. The molecule has 0 amide bonds. The van der Waals surface area contributed by atoms with Crippen LogP contribution in [0.3, 0.4) is 0 Å². The molecule has 0 radical (unpaired) electrons. The molecule has 134 valence electrons. The summed E-state index contributed by atoms with van der Waals surface area (Å²) < 4.78 is 13.8. The molecule has 1 aliphatic rings. The largest absolute Gasteiger partial charge is 0.494 e. The molecule has 4 rings (SSSR count). The van der Waals surface area contributed by atoms with E-state index in [1.54, 1.807) is 17.0 Å². The maximum Gasteiger partial charge on any atom is 0.494 e. The van der Waals surface area contributed by atoms with Gasteiger partial charge < -0.3 is 9.31 Å². The zero-order chi connectivity index (χ0) is 18.7. The van der Waals surface area contributed by atoms with Gasteiger partial charge in [0.2, 0.25) is 0 Å². The lowest BCUT2D eigenvalue weighted by atomic mass is 9.78. The van der Waals surface area contributed by atoms with Gasteiger partial charge in [-0.25, -0.2) is 4.98 Å². The minimum Gasteiger partial charge on any atom is -0.399 e. The number of thiazole rings is 1. The van der Waals surface area contributed by atoms with Crippen LogP contribution < -0.4 is 11.0 Å². The van der Waals surface area contributed by atoms with E-state index in [-0.39, 0.29) is 5.56 Å². The highest BCUT2D eigenvalue weighted by atomic mass is 32.1. The molecule has 0 N–H and O–H groups in total. The number of benzene rings is 1. The first-order chi connectivity index (χ1) is 12.2. The Morgan fingerprint density at radius 1 is 1.12 bits per heavy atom. The van der Waals surface area contributed by atoms with E-state index in [9.17, 15) is 4.79 Å². The average molecular weight is 368 g/mol. The molecule has 0 bridgehead atoms. The molecule has 1 aromatic carbocycles. The fourth-order valence-electron chi connectivity index (χ4n) is 2.99. The molecular formula is C19H21BN2O3S. The number of aryl methyl sites for hydroxylation is 1. The van der Waals surface area contributed by atoms with Gasteiger partial charge in [0.1, 0.15) is 0 Å². The van der Waals surface area contributed by atoms with Gasteiger partial charge in [-0.15, -0.1) is 11.3 Å². The van der Waals surface area contributed by atoms with Crippen LogP contribution in [0.5, 0.6) is 0 Å². The summed E-state index contributed by atoms with van der Waals surface area (Å²) in [4.78, 5) is 18.4. The van der Waals surface area contributed by atoms with Crippen LogP contribution in [-0.4, -0.2) is 27.9 Å². The van der Waals surface area contributed by atoms with E-state index in [1.807, 2.05) is 58.9 Å². The lowest BCUT2D eigenvalue weighted by Crippen LogP contribution is -2.41. The van der Waals surface area contributed by atoms with Crippen LogP contribution in [0, 0.1) is 6.92 Å². The second-order valence-corrected chi connectivity index (χ2v) is 8.89.